The fraction of sp³-hybridized carbons (Fsp3) is 0.100. The Labute approximate surface area is 173 Å². The molecule has 9 heteroatoms. The molecular formula is C20H15BrN2O6. The third-order valence-electron chi connectivity index (χ3n) is 4.04. The van der Waals surface area contributed by atoms with Gasteiger partial charge in [0, 0.05) is 4.47 Å². The van der Waals surface area contributed by atoms with Crippen LogP contribution >= 0.6 is 15.9 Å². The molecule has 2 N–H and O–H groups in total. The van der Waals surface area contributed by atoms with Crippen LogP contribution < -0.4 is 15.0 Å². The summed E-state index contributed by atoms with van der Waals surface area (Å²) in [6.45, 7) is 1.40. The van der Waals surface area contributed by atoms with E-state index in [-0.39, 0.29) is 5.57 Å². The van der Waals surface area contributed by atoms with Gasteiger partial charge in [0.25, 0.3) is 11.8 Å². The topological polar surface area (TPSA) is 113 Å². The highest BCUT2D eigenvalue weighted by Gasteiger charge is 2.36. The second-order valence-electron chi connectivity index (χ2n) is 6.10. The Balaban J connectivity index is 1.86. The molecule has 3 rings (SSSR count). The number of carboxylic acid groups (broad SMARTS) is 1. The summed E-state index contributed by atoms with van der Waals surface area (Å²) >= 11 is 3.28. The number of carboxylic acids is 1. The largest absolute Gasteiger partial charge is 0.479 e. The van der Waals surface area contributed by atoms with E-state index < -0.39 is 29.9 Å². The SMILES string of the molecule is CC(Oc1ccc(/C=C2\C(=O)NC(=O)N(c3ccc(Br)cc3)C2=O)cc1)C(=O)O. The number of nitrogens with one attached hydrogen (secondary N) is 1. The minimum atomic E-state index is -1.10. The number of hydrogen-bond acceptors (Lipinski definition) is 5. The molecule has 1 fully saturated rings. The Hall–Kier alpha value is -3.46. The van der Waals surface area contributed by atoms with E-state index in [2.05, 4.69) is 21.2 Å². The van der Waals surface area contributed by atoms with E-state index in [0.717, 1.165) is 9.37 Å². The van der Waals surface area contributed by atoms with Gasteiger partial charge in [-0.25, -0.2) is 14.5 Å². The smallest absolute Gasteiger partial charge is 0.344 e. The molecule has 0 spiro atoms. The quantitative estimate of drug-likeness (QED) is 0.525. The van der Waals surface area contributed by atoms with Crippen molar-refractivity contribution in [3.8, 4) is 5.75 Å². The molecule has 2 aromatic carbocycles. The van der Waals surface area contributed by atoms with Gasteiger partial charge in [-0.3, -0.25) is 14.9 Å². The number of urea groups is 1. The summed E-state index contributed by atoms with van der Waals surface area (Å²) < 4.78 is 6.01. The molecule has 1 aliphatic heterocycles. The van der Waals surface area contributed by atoms with Crippen LogP contribution in [-0.4, -0.2) is 35.0 Å². The van der Waals surface area contributed by atoms with Crippen molar-refractivity contribution in [1.29, 1.82) is 0 Å². The van der Waals surface area contributed by atoms with Gasteiger partial charge < -0.3 is 9.84 Å². The van der Waals surface area contributed by atoms with Crippen molar-refractivity contribution >= 4 is 51.5 Å². The van der Waals surface area contributed by atoms with Gasteiger partial charge in [0.05, 0.1) is 5.69 Å². The van der Waals surface area contributed by atoms with Crippen LogP contribution in [0.15, 0.2) is 58.6 Å². The number of barbiturate groups is 1. The van der Waals surface area contributed by atoms with Gasteiger partial charge >= 0.3 is 12.0 Å². The van der Waals surface area contributed by atoms with E-state index >= 15 is 0 Å². The molecule has 0 radical (unpaired) electrons. The zero-order valence-corrected chi connectivity index (χ0v) is 16.7. The summed E-state index contributed by atoms with van der Waals surface area (Å²) in [4.78, 5) is 48.9. The van der Waals surface area contributed by atoms with E-state index in [4.69, 9.17) is 9.84 Å². The highest BCUT2D eigenvalue weighted by molar-refractivity contribution is 9.10. The van der Waals surface area contributed by atoms with Crippen LogP contribution in [0.2, 0.25) is 0 Å². The minimum absolute atomic E-state index is 0.208. The van der Waals surface area contributed by atoms with Crippen LogP contribution in [0, 0.1) is 0 Å². The van der Waals surface area contributed by atoms with Crippen LogP contribution in [-0.2, 0) is 14.4 Å². The molecule has 0 aromatic heterocycles. The summed E-state index contributed by atoms with van der Waals surface area (Å²) in [6, 6.07) is 11.8. The van der Waals surface area contributed by atoms with Gasteiger partial charge in [0.15, 0.2) is 6.10 Å². The lowest BCUT2D eigenvalue weighted by Crippen LogP contribution is -2.54. The molecule has 2 aromatic rings. The molecule has 0 saturated carbocycles. The maximum Gasteiger partial charge on any atom is 0.344 e. The van der Waals surface area contributed by atoms with Crippen molar-refractivity contribution in [2.75, 3.05) is 4.90 Å². The first kappa shape index (κ1) is 20.3. The number of carbonyl (C=O) groups is 4. The second kappa shape index (κ2) is 8.27. The molecule has 4 amide bonds. The van der Waals surface area contributed by atoms with E-state index in [1.807, 2.05) is 0 Å². The first-order valence-corrected chi connectivity index (χ1v) is 9.22. The average molecular weight is 459 g/mol. The monoisotopic (exact) mass is 458 g/mol. The number of imide groups is 2. The number of rotatable bonds is 5. The lowest BCUT2D eigenvalue weighted by atomic mass is 10.1. The summed E-state index contributed by atoms with van der Waals surface area (Å²) in [5.41, 5.74) is 0.615. The molecule has 1 saturated heterocycles. The standard InChI is InChI=1S/C20H15BrN2O6/c1-11(19(26)27)29-15-8-2-12(3-9-15)10-16-17(24)22-20(28)23(18(16)25)14-6-4-13(21)5-7-14/h2-11H,1H3,(H,26,27)(H,22,24,28)/b16-10+. The lowest BCUT2D eigenvalue weighted by Gasteiger charge is -2.26. The summed E-state index contributed by atoms with van der Waals surface area (Å²) in [5, 5.41) is 11.0. The molecule has 0 aliphatic carbocycles. The fourth-order valence-corrected chi connectivity index (χ4v) is 2.81. The maximum absolute atomic E-state index is 12.8. The number of amides is 4. The number of aliphatic carboxylic acids is 1. The van der Waals surface area contributed by atoms with Crippen LogP contribution in [0.5, 0.6) is 5.75 Å². The van der Waals surface area contributed by atoms with Crippen molar-refractivity contribution < 1.29 is 29.0 Å². The Morgan fingerprint density at radius 1 is 1.10 bits per heavy atom. The summed E-state index contributed by atoms with van der Waals surface area (Å²) in [5.74, 6) is -2.32. The Morgan fingerprint density at radius 3 is 2.31 bits per heavy atom. The van der Waals surface area contributed by atoms with Crippen molar-refractivity contribution in [2.45, 2.75) is 13.0 Å². The first-order valence-electron chi connectivity index (χ1n) is 8.43. The van der Waals surface area contributed by atoms with Gasteiger partial charge in [-0.1, -0.05) is 28.1 Å². The van der Waals surface area contributed by atoms with Gasteiger partial charge in [-0.2, -0.15) is 0 Å². The predicted octanol–water partition coefficient (Wildman–Crippen LogP) is 2.97. The molecule has 8 nitrogen and oxygen atoms in total. The number of halogens is 1. The lowest BCUT2D eigenvalue weighted by molar-refractivity contribution is -0.144. The Kier molecular flexibility index (Phi) is 5.79. The van der Waals surface area contributed by atoms with Crippen molar-refractivity contribution in [3.63, 3.8) is 0 Å². The van der Waals surface area contributed by atoms with Gasteiger partial charge in [-0.05, 0) is 55.0 Å². The zero-order chi connectivity index (χ0) is 21.1. The third kappa shape index (κ3) is 4.52. The molecule has 0 bridgehead atoms. The van der Waals surface area contributed by atoms with E-state index in [1.165, 1.54) is 25.1 Å². The van der Waals surface area contributed by atoms with Crippen LogP contribution in [0.4, 0.5) is 10.5 Å². The normalized spacial score (nSPS) is 16.6. The van der Waals surface area contributed by atoms with E-state index in [1.54, 1.807) is 36.4 Å². The highest BCUT2D eigenvalue weighted by Crippen LogP contribution is 2.24. The molecular weight excluding hydrogens is 444 g/mol. The molecule has 1 aliphatic rings. The number of carbonyl (C=O) groups excluding carboxylic acids is 3. The van der Waals surface area contributed by atoms with E-state index in [9.17, 15) is 19.2 Å². The molecule has 1 heterocycles. The van der Waals surface area contributed by atoms with Gasteiger partial charge in [0.2, 0.25) is 0 Å². The number of hydrogen-bond donors (Lipinski definition) is 2. The zero-order valence-electron chi connectivity index (χ0n) is 15.1. The fourth-order valence-electron chi connectivity index (χ4n) is 2.55. The van der Waals surface area contributed by atoms with Crippen LogP contribution in [0.3, 0.4) is 0 Å². The molecule has 1 atom stereocenters. The van der Waals surface area contributed by atoms with Crippen LogP contribution in [0.25, 0.3) is 6.08 Å². The number of ether oxygens (including phenoxy) is 1. The Bertz CT molecular complexity index is 1010. The van der Waals surface area contributed by atoms with Gasteiger partial charge in [0.1, 0.15) is 11.3 Å². The third-order valence-corrected chi connectivity index (χ3v) is 4.57. The van der Waals surface area contributed by atoms with Crippen molar-refractivity contribution in [2.24, 2.45) is 0 Å². The maximum atomic E-state index is 12.8. The molecule has 29 heavy (non-hydrogen) atoms. The number of nitrogens with zero attached hydrogens (tertiary/aromatic N) is 1. The average Bonchev–Trinajstić information content (AvgIpc) is 2.67. The molecule has 1 unspecified atom stereocenters. The summed E-state index contributed by atoms with van der Waals surface area (Å²) in [7, 11) is 0. The predicted molar refractivity (Wildman–Crippen MR) is 107 cm³/mol. The minimum Gasteiger partial charge on any atom is -0.479 e. The summed E-state index contributed by atoms with van der Waals surface area (Å²) in [6.07, 6.45) is 0.329. The van der Waals surface area contributed by atoms with Gasteiger partial charge in [-0.15, -0.1) is 0 Å². The second-order valence-corrected chi connectivity index (χ2v) is 7.02. The Morgan fingerprint density at radius 2 is 1.72 bits per heavy atom. The van der Waals surface area contributed by atoms with Crippen LogP contribution in [0.1, 0.15) is 12.5 Å². The molecule has 148 valence electrons. The highest BCUT2D eigenvalue weighted by atomic mass is 79.9. The van der Waals surface area contributed by atoms with Crippen molar-refractivity contribution in [3.05, 3.63) is 64.1 Å². The van der Waals surface area contributed by atoms with E-state index in [0.29, 0.717) is 17.0 Å². The number of anilines is 1. The number of benzene rings is 2. The first-order chi connectivity index (χ1) is 13.8. The van der Waals surface area contributed by atoms with Crippen molar-refractivity contribution in [1.82, 2.24) is 5.32 Å².